The molecule has 1 aromatic rings. The molecule has 0 aliphatic heterocycles. The van der Waals surface area contributed by atoms with Crippen LogP contribution in [0, 0.1) is 11.3 Å². The molecule has 0 fully saturated rings. The maximum absolute atomic E-state index is 11.7. The summed E-state index contributed by atoms with van der Waals surface area (Å²) >= 11 is 0. The zero-order chi connectivity index (χ0) is 16.6. The summed E-state index contributed by atoms with van der Waals surface area (Å²) < 4.78 is 0. The number of rotatable bonds is 4. The molecule has 0 bridgehead atoms. The third kappa shape index (κ3) is 6.75. The number of nitrogens with zero attached hydrogens (tertiary/aromatic N) is 2. The molecule has 118 valence electrons. The van der Waals surface area contributed by atoms with Crippen LogP contribution < -0.4 is 16.0 Å². The van der Waals surface area contributed by atoms with Crippen LogP contribution in [-0.2, 0) is 11.3 Å². The minimum absolute atomic E-state index is 0.0891. The van der Waals surface area contributed by atoms with Crippen molar-refractivity contribution in [2.45, 2.75) is 32.9 Å². The van der Waals surface area contributed by atoms with Crippen molar-refractivity contribution in [2.75, 3.05) is 13.6 Å². The molecule has 0 saturated heterocycles. The highest BCUT2D eigenvalue weighted by Gasteiger charge is 2.13. The molecule has 0 spiro atoms. The van der Waals surface area contributed by atoms with Crippen LogP contribution in [0.5, 0.6) is 0 Å². The molecular weight excluding hydrogens is 278 g/mol. The number of guanidine groups is 1. The van der Waals surface area contributed by atoms with E-state index in [9.17, 15) is 4.79 Å². The third-order valence-corrected chi connectivity index (χ3v) is 2.70. The molecule has 0 heterocycles. The van der Waals surface area contributed by atoms with Crippen LogP contribution in [0.2, 0.25) is 0 Å². The number of hydrogen-bond donors (Lipinski definition) is 3. The van der Waals surface area contributed by atoms with Gasteiger partial charge in [-0.3, -0.25) is 9.79 Å². The Morgan fingerprint density at radius 1 is 1.23 bits per heavy atom. The minimum Gasteiger partial charge on any atom is -0.352 e. The van der Waals surface area contributed by atoms with E-state index in [4.69, 9.17) is 5.26 Å². The second-order valence-electron chi connectivity index (χ2n) is 5.89. The Kier molecular flexibility index (Phi) is 6.39. The van der Waals surface area contributed by atoms with E-state index in [0.29, 0.717) is 18.1 Å². The van der Waals surface area contributed by atoms with Crippen molar-refractivity contribution < 1.29 is 4.79 Å². The largest absolute Gasteiger partial charge is 0.352 e. The van der Waals surface area contributed by atoms with Gasteiger partial charge in [-0.2, -0.15) is 5.26 Å². The molecule has 1 amide bonds. The summed E-state index contributed by atoms with van der Waals surface area (Å²) in [6.45, 7) is 6.52. The van der Waals surface area contributed by atoms with Crippen LogP contribution in [0.3, 0.4) is 0 Å². The molecular formula is C16H23N5O. The number of hydrogen-bond acceptors (Lipinski definition) is 3. The van der Waals surface area contributed by atoms with Crippen molar-refractivity contribution in [1.82, 2.24) is 16.0 Å². The number of carbonyl (C=O) groups is 1. The number of benzene rings is 1. The fourth-order valence-electron chi connectivity index (χ4n) is 1.73. The van der Waals surface area contributed by atoms with Gasteiger partial charge >= 0.3 is 0 Å². The van der Waals surface area contributed by atoms with E-state index in [-0.39, 0.29) is 18.0 Å². The number of carbonyl (C=O) groups excluding carboxylic acids is 1. The SMILES string of the molecule is CN=C(NCC(=O)NC(C)(C)C)NCc1ccc(C#N)cc1. The van der Waals surface area contributed by atoms with Crippen LogP contribution in [0.1, 0.15) is 31.9 Å². The maximum Gasteiger partial charge on any atom is 0.239 e. The molecule has 1 rings (SSSR count). The maximum atomic E-state index is 11.7. The molecule has 0 unspecified atom stereocenters. The standard InChI is InChI=1S/C16H23N5O/c1-16(2,3)21-14(22)11-20-15(18-4)19-10-13-7-5-12(9-17)6-8-13/h5-8H,10-11H2,1-4H3,(H,21,22)(H2,18,19,20). The molecule has 0 atom stereocenters. The van der Waals surface area contributed by atoms with Gasteiger partial charge in [0, 0.05) is 19.1 Å². The normalized spacial score (nSPS) is 11.5. The van der Waals surface area contributed by atoms with Gasteiger partial charge in [0.2, 0.25) is 5.91 Å². The van der Waals surface area contributed by atoms with Gasteiger partial charge in [0.1, 0.15) is 0 Å². The average molecular weight is 301 g/mol. The van der Waals surface area contributed by atoms with Gasteiger partial charge in [-0.25, -0.2) is 0 Å². The summed E-state index contributed by atoms with van der Waals surface area (Å²) in [7, 11) is 1.65. The lowest BCUT2D eigenvalue weighted by Gasteiger charge is -2.21. The summed E-state index contributed by atoms with van der Waals surface area (Å²) in [5.74, 6) is 0.460. The van der Waals surface area contributed by atoms with Crippen LogP contribution in [-0.4, -0.2) is 31.0 Å². The minimum atomic E-state index is -0.252. The highest BCUT2D eigenvalue weighted by molar-refractivity contribution is 5.86. The summed E-state index contributed by atoms with van der Waals surface area (Å²) in [4.78, 5) is 15.8. The zero-order valence-corrected chi connectivity index (χ0v) is 13.5. The van der Waals surface area contributed by atoms with Crippen molar-refractivity contribution in [3.8, 4) is 6.07 Å². The quantitative estimate of drug-likeness (QED) is 0.574. The van der Waals surface area contributed by atoms with E-state index in [1.165, 1.54) is 0 Å². The van der Waals surface area contributed by atoms with Crippen molar-refractivity contribution in [1.29, 1.82) is 5.26 Å². The van der Waals surface area contributed by atoms with Gasteiger partial charge in [0.25, 0.3) is 0 Å². The smallest absolute Gasteiger partial charge is 0.239 e. The highest BCUT2D eigenvalue weighted by Crippen LogP contribution is 2.02. The van der Waals surface area contributed by atoms with E-state index in [0.717, 1.165) is 5.56 Å². The lowest BCUT2D eigenvalue weighted by Crippen LogP contribution is -2.48. The Hall–Kier alpha value is -2.55. The number of nitriles is 1. The molecule has 0 aliphatic carbocycles. The summed E-state index contributed by atoms with van der Waals surface area (Å²) in [5, 5.41) is 17.7. The Labute approximate surface area is 131 Å². The van der Waals surface area contributed by atoms with E-state index < -0.39 is 0 Å². The zero-order valence-electron chi connectivity index (χ0n) is 13.5. The summed E-state index contributed by atoms with van der Waals surface area (Å²) in [6, 6.07) is 9.38. The summed E-state index contributed by atoms with van der Waals surface area (Å²) in [6.07, 6.45) is 0. The first-order chi connectivity index (χ1) is 10.3. The van der Waals surface area contributed by atoms with Crippen molar-refractivity contribution >= 4 is 11.9 Å². The topological polar surface area (TPSA) is 89.3 Å². The third-order valence-electron chi connectivity index (χ3n) is 2.70. The van der Waals surface area contributed by atoms with Gasteiger partial charge in [0.05, 0.1) is 18.2 Å². The Bertz CT molecular complexity index is 564. The van der Waals surface area contributed by atoms with E-state index >= 15 is 0 Å². The molecule has 6 heteroatoms. The average Bonchev–Trinajstić information content (AvgIpc) is 2.46. The monoisotopic (exact) mass is 301 g/mol. The van der Waals surface area contributed by atoms with E-state index in [1.807, 2.05) is 32.9 Å². The molecule has 6 nitrogen and oxygen atoms in total. The first kappa shape index (κ1) is 17.5. The predicted octanol–water partition coefficient (Wildman–Crippen LogP) is 1.14. The van der Waals surface area contributed by atoms with Crippen LogP contribution in [0.4, 0.5) is 0 Å². The first-order valence-electron chi connectivity index (χ1n) is 7.08. The molecule has 0 aromatic heterocycles. The second-order valence-corrected chi connectivity index (χ2v) is 5.89. The van der Waals surface area contributed by atoms with Gasteiger partial charge in [-0.1, -0.05) is 12.1 Å². The number of amides is 1. The summed E-state index contributed by atoms with van der Waals surface area (Å²) in [5.41, 5.74) is 1.41. The number of aliphatic imine (C=N–C) groups is 1. The molecule has 22 heavy (non-hydrogen) atoms. The van der Waals surface area contributed by atoms with Gasteiger partial charge in [0.15, 0.2) is 5.96 Å². The number of nitrogens with one attached hydrogen (secondary N) is 3. The van der Waals surface area contributed by atoms with E-state index in [2.05, 4.69) is 27.0 Å². The molecule has 3 N–H and O–H groups in total. The van der Waals surface area contributed by atoms with E-state index in [1.54, 1.807) is 19.2 Å². The molecule has 1 aromatic carbocycles. The van der Waals surface area contributed by atoms with Crippen molar-refractivity contribution in [3.63, 3.8) is 0 Å². The van der Waals surface area contributed by atoms with Gasteiger partial charge in [-0.15, -0.1) is 0 Å². The Morgan fingerprint density at radius 2 is 1.86 bits per heavy atom. The fourth-order valence-corrected chi connectivity index (χ4v) is 1.73. The molecule has 0 saturated carbocycles. The molecule has 0 aliphatic rings. The fraction of sp³-hybridized carbons (Fsp3) is 0.438. The van der Waals surface area contributed by atoms with Crippen LogP contribution >= 0.6 is 0 Å². The first-order valence-corrected chi connectivity index (χ1v) is 7.08. The van der Waals surface area contributed by atoms with Gasteiger partial charge < -0.3 is 16.0 Å². The van der Waals surface area contributed by atoms with Crippen molar-refractivity contribution in [2.24, 2.45) is 4.99 Å². The van der Waals surface area contributed by atoms with Crippen molar-refractivity contribution in [3.05, 3.63) is 35.4 Å². The Balaban J connectivity index is 2.42. The van der Waals surface area contributed by atoms with Gasteiger partial charge in [-0.05, 0) is 38.5 Å². The molecule has 0 radical (unpaired) electrons. The lowest BCUT2D eigenvalue weighted by molar-refractivity contribution is -0.121. The predicted molar refractivity (Wildman–Crippen MR) is 87.3 cm³/mol. The second kappa shape index (κ2) is 8.03. The van der Waals surface area contributed by atoms with Crippen LogP contribution in [0.25, 0.3) is 0 Å². The lowest BCUT2D eigenvalue weighted by atomic mass is 10.1. The Morgan fingerprint density at radius 3 is 2.36 bits per heavy atom. The highest BCUT2D eigenvalue weighted by atomic mass is 16.2. The van der Waals surface area contributed by atoms with Crippen LogP contribution in [0.15, 0.2) is 29.3 Å².